The number of carbonyl (C=O) groups is 1. The van der Waals surface area contributed by atoms with Crippen LogP contribution < -0.4 is 14.8 Å². The lowest BCUT2D eigenvalue weighted by molar-refractivity contribution is -0.122. The summed E-state index contributed by atoms with van der Waals surface area (Å²) in [6.07, 6.45) is 4.11. The summed E-state index contributed by atoms with van der Waals surface area (Å²) in [5.41, 5.74) is 2.20. The van der Waals surface area contributed by atoms with E-state index in [-0.39, 0.29) is 35.4 Å². The van der Waals surface area contributed by atoms with Gasteiger partial charge < -0.3 is 10.1 Å². The number of amides is 1. The van der Waals surface area contributed by atoms with Crippen LogP contribution in [0.5, 0.6) is 5.75 Å². The Morgan fingerprint density at radius 3 is 2.53 bits per heavy atom. The first-order valence-electron chi connectivity index (χ1n) is 10.4. The molecule has 1 unspecified atom stereocenters. The van der Waals surface area contributed by atoms with Crippen molar-refractivity contribution in [2.45, 2.75) is 50.8 Å². The fourth-order valence-corrected chi connectivity index (χ4v) is 5.03. The molecular weight excluding hydrogens is 438 g/mol. The Kier molecular flexibility index (Phi) is 6.57. The molecule has 0 bridgehead atoms. The van der Waals surface area contributed by atoms with Gasteiger partial charge in [0.2, 0.25) is 15.9 Å². The van der Waals surface area contributed by atoms with E-state index >= 15 is 0 Å². The monoisotopic (exact) mass is 462 g/mol. The van der Waals surface area contributed by atoms with Crippen LogP contribution in [0.15, 0.2) is 53.4 Å². The van der Waals surface area contributed by atoms with E-state index in [1.165, 1.54) is 18.2 Å². The van der Waals surface area contributed by atoms with E-state index < -0.39 is 22.7 Å². The number of ether oxygens (including phenoxy) is 1. The molecule has 6 nitrogen and oxygen atoms in total. The smallest absolute Gasteiger partial charge is 0.387 e. The number of fused-ring (bicyclic) bond motifs is 1. The van der Waals surface area contributed by atoms with Crippen LogP contribution in [0.25, 0.3) is 6.08 Å². The first-order valence-corrected chi connectivity index (χ1v) is 11.9. The highest BCUT2D eigenvalue weighted by Gasteiger charge is 2.32. The average Bonchev–Trinajstić information content (AvgIpc) is 3.57. The third kappa shape index (κ3) is 5.72. The van der Waals surface area contributed by atoms with Gasteiger partial charge >= 0.3 is 6.61 Å². The van der Waals surface area contributed by atoms with Crippen molar-refractivity contribution in [3.05, 3.63) is 70.1 Å². The summed E-state index contributed by atoms with van der Waals surface area (Å²) in [5.74, 6) is -0.304. The van der Waals surface area contributed by atoms with Crippen molar-refractivity contribution in [2.75, 3.05) is 0 Å². The fraction of sp³-hybridized carbons (Fsp3) is 0.348. The number of hydrogen-bond acceptors (Lipinski definition) is 4. The van der Waals surface area contributed by atoms with E-state index in [0.717, 1.165) is 24.0 Å². The van der Waals surface area contributed by atoms with Crippen molar-refractivity contribution in [1.82, 2.24) is 10.0 Å². The molecule has 0 saturated heterocycles. The van der Waals surface area contributed by atoms with Crippen molar-refractivity contribution < 1.29 is 26.7 Å². The summed E-state index contributed by atoms with van der Waals surface area (Å²) < 4.78 is 58.1. The molecule has 1 fully saturated rings. The first kappa shape index (κ1) is 22.4. The summed E-state index contributed by atoms with van der Waals surface area (Å²) in [4.78, 5) is 12.9. The standard InChI is InChI=1S/C23H24F2N2O4S/c24-23(25)31-19-10-6-17-14-20(11-7-16(17)13-19)32(29,30)27-21(22(28)26-18-8-9-18)12-15-4-2-1-3-5-15/h1-6,10,13-14,18,21,23,27H,7-9,11-12H2,(H,26,28). The number of carbonyl (C=O) groups excluding carboxylic acids is 1. The molecule has 1 atom stereocenters. The lowest BCUT2D eigenvalue weighted by Crippen LogP contribution is -2.48. The second kappa shape index (κ2) is 9.38. The van der Waals surface area contributed by atoms with Crippen molar-refractivity contribution in [2.24, 2.45) is 0 Å². The second-order valence-electron chi connectivity index (χ2n) is 8.00. The van der Waals surface area contributed by atoms with Gasteiger partial charge in [-0.25, -0.2) is 8.42 Å². The summed E-state index contributed by atoms with van der Waals surface area (Å²) in [6.45, 7) is -2.92. The highest BCUT2D eigenvalue weighted by molar-refractivity contribution is 7.93. The Morgan fingerprint density at radius 1 is 1.09 bits per heavy atom. The predicted octanol–water partition coefficient (Wildman–Crippen LogP) is 3.38. The Balaban J connectivity index is 1.53. The zero-order chi connectivity index (χ0) is 22.7. The molecule has 0 spiro atoms. The number of rotatable bonds is 9. The van der Waals surface area contributed by atoms with Crippen molar-refractivity contribution in [3.8, 4) is 5.75 Å². The summed E-state index contributed by atoms with van der Waals surface area (Å²) in [6, 6.07) is 12.8. The molecule has 0 aromatic heterocycles. The van der Waals surface area contributed by atoms with Crippen LogP contribution in [0.3, 0.4) is 0 Å². The van der Waals surface area contributed by atoms with Crippen LogP contribution in [0, 0.1) is 0 Å². The molecule has 9 heteroatoms. The zero-order valence-electron chi connectivity index (χ0n) is 17.3. The highest BCUT2D eigenvalue weighted by atomic mass is 32.2. The SMILES string of the molecule is O=C(NC1CC1)C(Cc1ccccc1)NS(=O)(=O)C1=Cc2ccc(OC(F)F)cc2CC1. The summed E-state index contributed by atoms with van der Waals surface area (Å²) in [7, 11) is -3.94. The molecule has 2 aliphatic carbocycles. The maximum Gasteiger partial charge on any atom is 0.387 e. The molecule has 2 N–H and O–H groups in total. The van der Waals surface area contributed by atoms with Crippen LogP contribution in [-0.4, -0.2) is 33.0 Å². The lowest BCUT2D eigenvalue weighted by atomic mass is 9.97. The van der Waals surface area contributed by atoms with Gasteiger partial charge in [-0.05, 0) is 67.0 Å². The van der Waals surface area contributed by atoms with Crippen molar-refractivity contribution >= 4 is 22.0 Å². The predicted molar refractivity (Wildman–Crippen MR) is 117 cm³/mol. The van der Waals surface area contributed by atoms with Crippen LogP contribution in [0.4, 0.5) is 8.78 Å². The Hall–Kier alpha value is -2.78. The number of hydrogen-bond donors (Lipinski definition) is 2. The van der Waals surface area contributed by atoms with E-state index in [1.54, 1.807) is 6.07 Å². The number of halogens is 2. The molecule has 32 heavy (non-hydrogen) atoms. The molecule has 0 heterocycles. The van der Waals surface area contributed by atoms with Gasteiger partial charge in [0.25, 0.3) is 0 Å². The molecule has 2 aromatic rings. The quantitative estimate of drug-likeness (QED) is 0.598. The van der Waals surface area contributed by atoms with Gasteiger partial charge in [-0.1, -0.05) is 36.4 Å². The lowest BCUT2D eigenvalue weighted by Gasteiger charge is -2.22. The van der Waals surface area contributed by atoms with Gasteiger partial charge in [0.1, 0.15) is 11.8 Å². The normalized spacial score (nSPS) is 16.8. The highest BCUT2D eigenvalue weighted by Crippen LogP contribution is 2.30. The number of benzene rings is 2. The molecule has 2 aliphatic rings. The molecule has 2 aromatic carbocycles. The van der Waals surface area contributed by atoms with Crippen LogP contribution in [-0.2, 0) is 27.7 Å². The molecule has 170 valence electrons. The second-order valence-corrected chi connectivity index (χ2v) is 9.76. The zero-order valence-corrected chi connectivity index (χ0v) is 18.1. The molecule has 0 aliphatic heterocycles. The molecular formula is C23H24F2N2O4S. The minimum absolute atomic E-state index is 0.0382. The number of allylic oxidation sites excluding steroid dienone is 1. The Morgan fingerprint density at radius 2 is 1.84 bits per heavy atom. The van der Waals surface area contributed by atoms with Crippen LogP contribution in [0.1, 0.15) is 36.0 Å². The number of aryl methyl sites for hydroxylation is 1. The van der Waals surface area contributed by atoms with Crippen molar-refractivity contribution in [3.63, 3.8) is 0 Å². The Bertz CT molecular complexity index is 1120. The third-order valence-corrected chi connectivity index (χ3v) is 7.07. The fourth-order valence-electron chi connectivity index (χ4n) is 3.66. The van der Waals surface area contributed by atoms with Crippen LogP contribution in [0.2, 0.25) is 0 Å². The number of alkyl halides is 2. The maximum atomic E-state index is 13.1. The van der Waals surface area contributed by atoms with Gasteiger partial charge in [0, 0.05) is 6.04 Å². The third-order valence-electron chi connectivity index (χ3n) is 5.46. The van der Waals surface area contributed by atoms with Crippen LogP contribution >= 0.6 is 0 Å². The average molecular weight is 463 g/mol. The Labute approximate surface area is 185 Å². The van der Waals surface area contributed by atoms with Gasteiger partial charge in [0.05, 0.1) is 4.91 Å². The molecule has 1 amide bonds. The van der Waals surface area contributed by atoms with Gasteiger partial charge in [-0.2, -0.15) is 13.5 Å². The van der Waals surface area contributed by atoms with Gasteiger partial charge in [-0.3, -0.25) is 4.79 Å². The number of nitrogens with one attached hydrogen (secondary N) is 2. The topological polar surface area (TPSA) is 84.5 Å². The van der Waals surface area contributed by atoms with E-state index in [4.69, 9.17) is 0 Å². The van der Waals surface area contributed by atoms with Gasteiger partial charge in [-0.15, -0.1) is 0 Å². The van der Waals surface area contributed by atoms with E-state index in [1.807, 2.05) is 30.3 Å². The van der Waals surface area contributed by atoms with Crippen molar-refractivity contribution in [1.29, 1.82) is 0 Å². The summed E-state index contributed by atoms with van der Waals surface area (Å²) >= 11 is 0. The molecule has 4 rings (SSSR count). The van der Waals surface area contributed by atoms with E-state index in [2.05, 4.69) is 14.8 Å². The van der Waals surface area contributed by atoms with E-state index in [9.17, 15) is 22.0 Å². The minimum atomic E-state index is -3.94. The minimum Gasteiger partial charge on any atom is -0.435 e. The first-order chi connectivity index (χ1) is 15.3. The summed E-state index contributed by atoms with van der Waals surface area (Å²) in [5, 5.41) is 2.88. The largest absolute Gasteiger partial charge is 0.435 e. The number of sulfonamides is 1. The van der Waals surface area contributed by atoms with Gasteiger partial charge in [0.15, 0.2) is 0 Å². The van der Waals surface area contributed by atoms with E-state index in [0.29, 0.717) is 12.0 Å². The molecule has 0 radical (unpaired) electrons. The maximum absolute atomic E-state index is 13.1. The molecule has 1 saturated carbocycles.